The molecule has 9 nitrogen and oxygen atoms in total. The summed E-state index contributed by atoms with van der Waals surface area (Å²) in [5.41, 5.74) is 2.78. The van der Waals surface area contributed by atoms with Gasteiger partial charge in [-0.15, -0.1) is 0 Å². The lowest BCUT2D eigenvalue weighted by Gasteiger charge is -2.41. The number of aliphatic carboxylic acids is 1. The molecule has 2 amide bonds. The fraction of sp³-hybridized carbons (Fsp3) is 0.406. The molecule has 1 heterocycles. The van der Waals surface area contributed by atoms with Gasteiger partial charge in [-0.25, -0.2) is 0 Å². The number of imide groups is 1. The maximum atomic E-state index is 13.7. The molecule has 214 valence electrons. The second-order valence-electron chi connectivity index (χ2n) is 11.1. The molecule has 0 radical (unpaired) electrons. The predicted octanol–water partition coefficient (Wildman–Crippen LogP) is 4.02. The van der Waals surface area contributed by atoms with E-state index in [1.807, 2.05) is 18.2 Å². The Bertz CT molecular complexity index is 1460. The van der Waals surface area contributed by atoms with Gasteiger partial charge in [0.1, 0.15) is 0 Å². The first kappa shape index (κ1) is 28.3. The van der Waals surface area contributed by atoms with Crippen LogP contribution < -0.4 is 4.74 Å². The molecule has 3 aliphatic carbocycles. The van der Waals surface area contributed by atoms with E-state index in [0.717, 1.165) is 11.1 Å². The minimum absolute atomic E-state index is 0.00178. The van der Waals surface area contributed by atoms with E-state index >= 15 is 0 Å². The molecular weight excluding hydrogens is 526 g/mol. The molecular formula is C32H33NO8. The first-order valence-corrected chi connectivity index (χ1v) is 13.9. The topological polar surface area (TPSA) is 138 Å². The zero-order valence-electron chi connectivity index (χ0n) is 23.1. The zero-order chi connectivity index (χ0) is 29.4. The lowest BCUT2D eigenvalue weighted by molar-refractivity contribution is -0.141. The van der Waals surface area contributed by atoms with Crippen LogP contribution in [0.15, 0.2) is 58.7 Å². The van der Waals surface area contributed by atoms with Crippen molar-refractivity contribution < 1.29 is 38.9 Å². The number of carbonyl (C=O) groups is 5. The Kier molecular flexibility index (Phi) is 7.80. The number of benzene rings is 1. The number of phenolic OH excluding ortho intramolecular Hbond substituents is 1. The number of carboxylic acid groups (broad SMARTS) is 1. The second-order valence-corrected chi connectivity index (χ2v) is 11.1. The molecule has 2 N–H and O–H groups in total. The van der Waals surface area contributed by atoms with E-state index in [1.165, 1.54) is 24.2 Å². The quantitative estimate of drug-likeness (QED) is 0.200. The van der Waals surface area contributed by atoms with Crippen molar-refractivity contribution in [1.82, 2.24) is 4.90 Å². The van der Waals surface area contributed by atoms with E-state index < -0.39 is 29.6 Å². The summed E-state index contributed by atoms with van der Waals surface area (Å²) in [7, 11) is 1.45. The van der Waals surface area contributed by atoms with Crippen molar-refractivity contribution in [3.63, 3.8) is 0 Å². The van der Waals surface area contributed by atoms with E-state index in [0.29, 0.717) is 48.2 Å². The minimum atomic E-state index is -0.872. The van der Waals surface area contributed by atoms with Gasteiger partial charge in [-0.05, 0) is 62.3 Å². The van der Waals surface area contributed by atoms with Crippen LogP contribution in [0.3, 0.4) is 0 Å². The number of carbonyl (C=O) groups excluding carboxylic acids is 4. The standard InChI is InChI=1S/C32H33NO8/c1-17-14-25(35)23-16-22-19(20(28(23)30(17)38)9-7-18-8-12-24(34)26(15-18)41-2)10-11-21-29(22)32(40)33(31(21)39)13-5-3-4-6-27(36)37/h7-10,12,14-15,20-22,29,34H,3-6,11,13,16H2,1-2H3,(H,36,37)/t20-,21-,22+,29-/m0/s1. The van der Waals surface area contributed by atoms with Crippen LogP contribution in [-0.4, -0.2) is 58.1 Å². The number of phenols is 1. The van der Waals surface area contributed by atoms with Crippen LogP contribution in [0.1, 0.15) is 51.0 Å². The van der Waals surface area contributed by atoms with Crippen molar-refractivity contribution in [2.45, 2.75) is 45.4 Å². The molecule has 0 spiro atoms. The Morgan fingerprint density at radius 2 is 1.88 bits per heavy atom. The number of rotatable bonds is 9. The van der Waals surface area contributed by atoms with Crippen molar-refractivity contribution in [3.05, 3.63) is 64.3 Å². The Hall–Kier alpha value is -4.27. The van der Waals surface area contributed by atoms with Crippen molar-refractivity contribution >= 4 is 35.4 Å². The van der Waals surface area contributed by atoms with E-state index in [4.69, 9.17) is 9.84 Å². The number of nitrogens with zero attached hydrogens (tertiary/aromatic N) is 1. The van der Waals surface area contributed by atoms with Crippen molar-refractivity contribution in [2.75, 3.05) is 13.7 Å². The highest BCUT2D eigenvalue weighted by Gasteiger charge is 2.55. The third-order valence-electron chi connectivity index (χ3n) is 8.66. The number of amides is 2. The summed E-state index contributed by atoms with van der Waals surface area (Å²) in [5, 5.41) is 18.8. The molecule has 1 aliphatic heterocycles. The number of Topliss-reactive ketones (excluding diaryl/α,β-unsaturated/α-hetero) is 1. The Morgan fingerprint density at radius 1 is 1.10 bits per heavy atom. The number of unbranched alkanes of at least 4 members (excludes halogenated alkanes) is 2. The van der Waals surface area contributed by atoms with Crippen LogP contribution in [0, 0.1) is 23.7 Å². The average Bonchev–Trinajstić information content (AvgIpc) is 3.19. The average molecular weight is 560 g/mol. The molecule has 0 bridgehead atoms. The van der Waals surface area contributed by atoms with E-state index in [2.05, 4.69) is 0 Å². The number of carboxylic acids is 1. The molecule has 1 aromatic carbocycles. The van der Waals surface area contributed by atoms with Gasteiger partial charge in [0.05, 0.1) is 18.9 Å². The van der Waals surface area contributed by atoms with Gasteiger partial charge in [-0.1, -0.05) is 36.3 Å². The molecule has 1 saturated heterocycles. The van der Waals surface area contributed by atoms with E-state index in [-0.39, 0.29) is 48.5 Å². The fourth-order valence-electron chi connectivity index (χ4n) is 6.65. The highest BCUT2D eigenvalue weighted by atomic mass is 16.5. The summed E-state index contributed by atoms with van der Waals surface area (Å²) in [6.45, 7) is 1.87. The van der Waals surface area contributed by atoms with Crippen LogP contribution in [-0.2, 0) is 24.0 Å². The Balaban J connectivity index is 1.46. The summed E-state index contributed by atoms with van der Waals surface area (Å²) in [6.07, 6.45) is 9.23. The lowest BCUT2D eigenvalue weighted by Crippen LogP contribution is -2.40. The maximum Gasteiger partial charge on any atom is 0.303 e. The molecule has 0 aromatic heterocycles. The molecule has 1 aromatic rings. The zero-order valence-corrected chi connectivity index (χ0v) is 23.1. The second kappa shape index (κ2) is 11.3. The molecule has 5 rings (SSSR count). The number of ether oxygens (including phenoxy) is 1. The van der Waals surface area contributed by atoms with Gasteiger partial charge in [0.25, 0.3) is 0 Å². The first-order valence-electron chi connectivity index (χ1n) is 13.9. The van der Waals surface area contributed by atoms with Crippen LogP contribution in [0.25, 0.3) is 6.08 Å². The highest BCUT2D eigenvalue weighted by molar-refractivity contribution is 6.23. The monoisotopic (exact) mass is 559 g/mol. The molecule has 0 saturated carbocycles. The smallest absolute Gasteiger partial charge is 0.303 e. The predicted molar refractivity (Wildman–Crippen MR) is 149 cm³/mol. The minimum Gasteiger partial charge on any atom is -0.504 e. The number of fused-ring (bicyclic) bond motifs is 3. The summed E-state index contributed by atoms with van der Waals surface area (Å²) in [4.78, 5) is 65.7. The molecule has 1 fully saturated rings. The van der Waals surface area contributed by atoms with Crippen LogP contribution in [0.5, 0.6) is 11.5 Å². The molecule has 0 unspecified atom stereocenters. The van der Waals surface area contributed by atoms with Crippen molar-refractivity contribution in [2.24, 2.45) is 23.7 Å². The fourth-order valence-corrected chi connectivity index (χ4v) is 6.65. The van der Waals surface area contributed by atoms with Gasteiger partial charge in [0.15, 0.2) is 23.1 Å². The Morgan fingerprint density at radius 3 is 2.61 bits per heavy atom. The summed E-state index contributed by atoms with van der Waals surface area (Å²) in [6, 6.07) is 4.89. The summed E-state index contributed by atoms with van der Waals surface area (Å²) in [5.74, 6) is -3.57. The summed E-state index contributed by atoms with van der Waals surface area (Å²) >= 11 is 0. The first-order chi connectivity index (χ1) is 19.6. The number of likely N-dealkylation sites (tertiary alicyclic amines) is 1. The largest absolute Gasteiger partial charge is 0.504 e. The van der Waals surface area contributed by atoms with Gasteiger partial charge in [-0.3, -0.25) is 28.9 Å². The van der Waals surface area contributed by atoms with Crippen LogP contribution >= 0.6 is 0 Å². The SMILES string of the molecule is COc1cc(C=C[C@H]2C3=CC[C@@H]4C(=O)N(CCCCCC(=O)O)C(=O)[C@@H]4[C@@H]3CC3=C2C(=O)C(C)=CC3=O)ccc1O. The van der Waals surface area contributed by atoms with Gasteiger partial charge in [0, 0.05) is 35.6 Å². The third-order valence-corrected chi connectivity index (χ3v) is 8.66. The van der Waals surface area contributed by atoms with Gasteiger partial charge in [-0.2, -0.15) is 0 Å². The number of ketones is 2. The molecule has 4 aliphatic rings. The van der Waals surface area contributed by atoms with Gasteiger partial charge in [0.2, 0.25) is 11.8 Å². The molecule has 9 heteroatoms. The van der Waals surface area contributed by atoms with Crippen LogP contribution in [0.2, 0.25) is 0 Å². The number of allylic oxidation sites excluding steroid dienone is 7. The molecule has 4 atom stereocenters. The number of hydrogen-bond donors (Lipinski definition) is 2. The highest BCUT2D eigenvalue weighted by Crippen LogP contribution is 2.52. The van der Waals surface area contributed by atoms with Crippen molar-refractivity contribution in [3.8, 4) is 11.5 Å². The van der Waals surface area contributed by atoms with Crippen LogP contribution in [0.4, 0.5) is 0 Å². The molecule has 41 heavy (non-hydrogen) atoms. The summed E-state index contributed by atoms with van der Waals surface area (Å²) < 4.78 is 5.21. The van der Waals surface area contributed by atoms with Gasteiger partial charge < -0.3 is 14.9 Å². The number of aromatic hydroxyl groups is 1. The number of hydrogen-bond acceptors (Lipinski definition) is 7. The van der Waals surface area contributed by atoms with Gasteiger partial charge >= 0.3 is 5.97 Å². The maximum absolute atomic E-state index is 13.7. The third kappa shape index (κ3) is 5.16. The number of methoxy groups -OCH3 is 1. The Labute approximate surface area is 237 Å². The van der Waals surface area contributed by atoms with E-state index in [9.17, 15) is 29.1 Å². The normalized spacial score (nSPS) is 25.7. The van der Waals surface area contributed by atoms with Crippen molar-refractivity contribution in [1.29, 1.82) is 0 Å². The van der Waals surface area contributed by atoms with E-state index in [1.54, 1.807) is 19.1 Å². The lowest BCUT2D eigenvalue weighted by atomic mass is 9.60.